The van der Waals surface area contributed by atoms with E-state index >= 15 is 0 Å². The molecule has 3 rings (SSSR count). The van der Waals surface area contributed by atoms with Crippen molar-refractivity contribution < 1.29 is 4.52 Å². The molecule has 1 fully saturated rings. The highest BCUT2D eigenvalue weighted by atomic mass is 16.5. The second kappa shape index (κ2) is 7.70. The smallest absolute Gasteiger partial charge is 0.229 e. The average molecular weight is 330 g/mol. The topological polar surface area (TPSA) is 71.2 Å². The molecule has 0 unspecified atom stereocenters. The summed E-state index contributed by atoms with van der Waals surface area (Å²) in [5.41, 5.74) is 1.09. The van der Waals surface area contributed by atoms with Gasteiger partial charge in [0.2, 0.25) is 11.8 Å². The number of nitrogens with zero attached hydrogens (tertiary/aromatic N) is 6. The maximum Gasteiger partial charge on any atom is 0.229 e. The standard InChI is InChI=1S/C17H26N6O/c1-13(2)16-20-15(21-24-16)12-22(3)11-14-9-18-17(19-10-14)23-7-5-4-6-8-23/h9-10,13H,4-8,11-12H2,1-3H3. The SMILES string of the molecule is CC(C)c1nc(CN(C)Cc2cnc(N3CCCCC3)nc2)no1. The molecule has 2 aromatic heterocycles. The van der Waals surface area contributed by atoms with Gasteiger partial charge in [-0.2, -0.15) is 4.98 Å². The number of anilines is 1. The quantitative estimate of drug-likeness (QED) is 0.806. The van der Waals surface area contributed by atoms with Crippen LogP contribution in [-0.2, 0) is 13.1 Å². The fraction of sp³-hybridized carbons (Fsp3) is 0.647. The van der Waals surface area contributed by atoms with E-state index in [1.165, 1.54) is 19.3 Å². The lowest BCUT2D eigenvalue weighted by Gasteiger charge is -2.26. The summed E-state index contributed by atoms with van der Waals surface area (Å²) in [6, 6.07) is 0. The molecule has 1 saturated heterocycles. The summed E-state index contributed by atoms with van der Waals surface area (Å²) in [5, 5.41) is 4.03. The molecule has 0 aliphatic carbocycles. The second-order valence-electron chi connectivity index (χ2n) is 6.81. The molecule has 3 heterocycles. The van der Waals surface area contributed by atoms with Gasteiger partial charge < -0.3 is 9.42 Å². The van der Waals surface area contributed by atoms with Gasteiger partial charge in [0.05, 0.1) is 6.54 Å². The van der Waals surface area contributed by atoms with E-state index in [-0.39, 0.29) is 5.92 Å². The van der Waals surface area contributed by atoms with Crippen LogP contribution in [0.2, 0.25) is 0 Å². The minimum Gasteiger partial charge on any atom is -0.341 e. The van der Waals surface area contributed by atoms with Gasteiger partial charge in [-0.25, -0.2) is 9.97 Å². The predicted molar refractivity (Wildman–Crippen MR) is 91.7 cm³/mol. The molecular weight excluding hydrogens is 304 g/mol. The largest absolute Gasteiger partial charge is 0.341 e. The van der Waals surface area contributed by atoms with Crippen molar-refractivity contribution in [1.29, 1.82) is 0 Å². The zero-order valence-electron chi connectivity index (χ0n) is 14.8. The van der Waals surface area contributed by atoms with E-state index < -0.39 is 0 Å². The van der Waals surface area contributed by atoms with Crippen LogP contribution in [0.1, 0.15) is 56.3 Å². The lowest BCUT2D eigenvalue weighted by Crippen LogP contribution is -2.31. The van der Waals surface area contributed by atoms with Crippen LogP contribution in [-0.4, -0.2) is 45.1 Å². The second-order valence-corrected chi connectivity index (χ2v) is 6.81. The van der Waals surface area contributed by atoms with Crippen molar-refractivity contribution in [2.45, 2.75) is 52.1 Å². The molecule has 1 aliphatic heterocycles. The van der Waals surface area contributed by atoms with Crippen molar-refractivity contribution in [3.63, 3.8) is 0 Å². The zero-order valence-corrected chi connectivity index (χ0v) is 14.8. The number of rotatable bonds is 6. The fourth-order valence-corrected chi connectivity index (χ4v) is 2.86. The summed E-state index contributed by atoms with van der Waals surface area (Å²) in [6.07, 6.45) is 7.62. The van der Waals surface area contributed by atoms with Gasteiger partial charge in [-0.15, -0.1) is 0 Å². The first kappa shape index (κ1) is 16.8. The molecular formula is C17H26N6O. The van der Waals surface area contributed by atoms with Gasteiger partial charge in [0.15, 0.2) is 5.82 Å². The summed E-state index contributed by atoms with van der Waals surface area (Å²) in [4.78, 5) is 17.9. The van der Waals surface area contributed by atoms with E-state index in [1.807, 2.05) is 33.3 Å². The first-order chi connectivity index (χ1) is 11.6. The minimum absolute atomic E-state index is 0.257. The van der Waals surface area contributed by atoms with Gasteiger partial charge in [0, 0.05) is 43.5 Å². The summed E-state index contributed by atoms with van der Waals surface area (Å²) < 4.78 is 5.24. The highest BCUT2D eigenvalue weighted by Gasteiger charge is 2.14. The first-order valence-corrected chi connectivity index (χ1v) is 8.68. The maximum atomic E-state index is 5.24. The van der Waals surface area contributed by atoms with E-state index in [0.29, 0.717) is 18.3 Å². The Hall–Kier alpha value is -2.02. The van der Waals surface area contributed by atoms with Crippen LogP contribution in [0.5, 0.6) is 0 Å². The van der Waals surface area contributed by atoms with Crippen molar-refractivity contribution in [1.82, 2.24) is 25.0 Å². The van der Waals surface area contributed by atoms with Gasteiger partial charge >= 0.3 is 0 Å². The van der Waals surface area contributed by atoms with E-state index in [9.17, 15) is 0 Å². The maximum absolute atomic E-state index is 5.24. The molecule has 0 aromatic carbocycles. The highest BCUT2D eigenvalue weighted by Crippen LogP contribution is 2.16. The van der Waals surface area contributed by atoms with Crippen LogP contribution in [0.15, 0.2) is 16.9 Å². The molecule has 7 nitrogen and oxygen atoms in total. The minimum atomic E-state index is 0.257. The van der Waals surface area contributed by atoms with Crippen LogP contribution in [0.4, 0.5) is 5.95 Å². The summed E-state index contributed by atoms with van der Waals surface area (Å²) >= 11 is 0. The Morgan fingerprint density at radius 3 is 2.46 bits per heavy atom. The van der Waals surface area contributed by atoms with E-state index in [1.54, 1.807) is 0 Å². The number of piperidine rings is 1. The average Bonchev–Trinajstić information content (AvgIpc) is 3.05. The number of hydrogen-bond acceptors (Lipinski definition) is 7. The highest BCUT2D eigenvalue weighted by molar-refractivity contribution is 5.30. The van der Waals surface area contributed by atoms with Crippen molar-refractivity contribution in [2.24, 2.45) is 0 Å². The first-order valence-electron chi connectivity index (χ1n) is 8.68. The van der Waals surface area contributed by atoms with E-state index in [0.717, 1.165) is 31.1 Å². The van der Waals surface area contributed by atoms with Crippen LogP contribution < -0.4 is 4.90 Å². The van der Waals surface area contributed by atoms with Gasteiger partial charge in [-0.1, -0.05) is 19.0 Å². The number of aromatic nitrogens is 4. The fourth-order valence-electron chi connectivity index (χ4n) is 2.86. The van der Waals surface area contributed by atoms with Crippen molar-refractivity contribution in [2.75, 3.05) is 25.0 Å². The molecule has 7 heteroatoms. The lowest BCUT2D eigenvalue weighted by molar-refractivity contribution is 0.298. The molecule has 1 aliphatic rings. The Kier molecular flexibility index (Phi) is 5.40. The molecule has 0 atom stereocenters. The third-order valence-corrected chi connectivity index (χ3v) is 4.17. The zero-order chi connectivity index (χ0) is 16.9. The van der Waals surface area contributed by atoms with Crippen LogP contribution in [0, 0.1) is 0 Å². The normalized spacial score (nSPS) is 15.5. The lowest BCUT2D eigenvalue weighted by atomic mass is 10.1. The molecule has 0 radical (unpaired) electrons. The molecule has 0 amide bonds. The molecule has 24 heavy (non-hydrogen) atoms. The summed E-state index contributed by atoms with van der Waals surface area (Å²) in [5.74, 6) is 2.51. The molecule has 0 saturated carbocycles. The Balaban J connectivity index is 1.54. The Bertz CT molecular complexity index is 633. The van der Waals surface area contributed by atoms with Gasteiger partial charge in [0.1, 0.15) is 0 Å². The van der Waals surface area contributed by atoms with E-state index in [2.05, 4.69) is 29.9 Å². The Labute approximate surface area is 143 Å². The third kappa shape index (κ3) is 4.29. The molecule has 0 bridgehead atoms. The van der Waals surface area contributed by atoms with Crippen molar-refractivity contribution in [3.8, 4) is 0 Å². The molecule has 130 valence electrons. The molecule has 2 aromatic rings. The Morgan fingerprint density at radius 2 is 1.83 bits per heavy atom. The van der Waals surface area contributed by atoms with Gasteiger partial charge in [0.25, 0.3) is 0 Å². The predicted octanol–water partition coefficient (Wildman–Crippen LogP) is 2.61. The number of hydrogen-bond donors (Lipinski definition) is 0. The molecule has 0 N–H and O–H groups in total. The monoisotopic (exact) mass is 330 g/mol. The van der Waals surface area contributed by atoms with Crippen LogP contribution in [0.3, 0.4) is 0 Å². The van der Waals surface area contributed by atoms with Crippen LogP contribution in [0.25, 0.3) is 0 Å². The summed E-state index contributed by atoms with van der Waals surface area (Å²) in [7, 11) is 2.03. The summed E-state index contributed by atoms with van der Waals surface area (Å²) in [6.45, 7) is 7.62. The van der Waals surface area contributed by atoms with Crippen LogP contribution >= 0.6 is 0 Å². The van der Waals surface area contributed by atoms with E-state index in [4.69, 9.17) is 4.52 Å². The van der Waals surface area contributed by atoms with Gasteiger partial charge in [-0.3, -0.25) is 4.90 Å². The van der Waals surface area contributed by atoms with Crippen molar-refractivity contribution >= 4 is 5.95 Å². The molecule has 0 spiro atoms. The Morgan fingerprint density at radius 1 is 1.12 bits per heavy atom. The third-order valence-electron chi connectivity index (χ3n) is 4.17. The van der Waals surface area contributed by atoms with Gasteiger partial charge in [-0.05, 0) is 26.3 Å². The van der Waals surface area contributed by atoms with Crippen molar-refractivity contribution in [3.05, 3.63) is 29.7 Å².